The Morgan fingerprint density at radius 2 is 1.52 bits per heavy atom. The number of carbonyl (C=O) groups is 1. The maximum absolute atomic E-state index is 13.4. The molecule has 0 aliphatic carbocycles. The quantitative estimate of drug-likeness (QED) is 0.577. The molecule has 0 bridgehead atoms. The highest BCUT2D eigenvalue weighted by molar-refractivity contribution is 7.17. The minimum Gasteiger partial charge on any atom is -0.287 e. The predicted molar refractivity (Wildman–Crippen MR) is 62.1 cm³/mol. The van der Waals surface area contributed by atoms with Crippen LogP contribution < -0.4 is 0 Å². The standard InChI is InChI=1S/C12H5F7OS/c13-10(14,11(15,16)12(17,18)19)9(20)7-5-21-8-4-2-1-3-6(7)8/h1-5H. The molecule has 0 unspecified atom stereocenters. The highest BCUT2D eigenvalue weighted by atomic mass is 32.1. The van der Waals surface area contributed by atoms with Gasteiger partial charge in [-0.25, -0.2) is 0 Å². The van der Waals surface area contributed by atoms with Crippen LogP contribution in [-0.4, -0.2) is 23.8 Å². The molecule has 9 heteroatoms. The van der Waals surface area contributed by atoms with Gasteiger partial charge in [0.15, 0.2) is 0 Å². The van der Waals surface area contributed by atoms with Gasteiger partial charge >= 0.3 is 18.0 Å². The van der Waals surface area contributed by atoms with Gasteiger partial charge in [0.25, 0.3) is 0 Å². The lowest BCUT2D eigenvalue weighted by Gasteiger charge is -2.26. The lowest BCUT2D eigenvalue weighted by molar-refractivity contribution is -0.339. The summed E-state index contributed by atoms with van der Waals surface area (Å²) >= 11 is 0.796. The van der Waals surface area contributed by atoms with Crippen molar-refractivity contribution in [3.05, 3.63) is 35.2 Å². The van der Waals surface area contributed by atoms with Gasteiger partial charge in [0.1, 0.15) is 0 Å². The average Bonchev–Trinajstić information content (AvgIpc) is 2.79. The van der Waals surface area contributed by atoms with E-state index in [0.717, 1.165) is 16.7 Å². The molecule has 0 aliphatic heterocycles. The molecule has 1 heterocycles. The van der Waals surface area contributed by atoms with E-state index < -0.39 is 29.4 Å². The Kier molecular flexibility index (Phi) is 3.51. The molecule has 1 aromatic carbocycles. The van der Waals surface area contributed by atoms with Gasteiger partial charge in [-0.2, -0.15) is 30.7 Å². The van der Waals surface area contributed by atoms with Crippen molar-refractivity contribution in [2.45, 2.75) is 18.0 Å². The maximum Gasteiger partial charge on any atom is 0.460 e. The predicted octanol–water partition coefficient (Wildman–Crippen LogP) is 4.92. The summed E-state index contributed by atoms with van der Waals surface area (Å²) in [6.07, 6.45) is -6.53. The zero-order valence-corrected chi connectivity index (χ0v) is 10.7. The maximum atomic E-state index is 13.4. The number of hydrogen-bond acceptors (Lipinski definition) is 2. The summed E-state index contributed by atoms with van der Waals surface area (Å²) in [6.45, 7) is 0. The lowest BCUT2D eigenvalue weighted by Crippen LogP contribution is -2.56. The molecule has 0 N–H and O–H groups in total. The Balaban J connectivity index is 2.53. The zero-order chi connectivity index (χ0) is 16.1. The van der Waals surface area contributed by atoms with Gasteiger partial charge in [0.2, 0.25) is 5.78 Å². The van der Waals surface area contributed by atoms with Gasteiger partial charge in [-0.05, 0) is 6.07 Å². The van der Waals surface area contributed by atoms with Gasteiger partial charge < -0.3 is 0 Å². The van der Waals surface area contributed by atoms with E-state index in [1.165, 1.54) is 24.3 Å². The molecule has 0 aliphatic rings. The highest BCUT2D eigenvalue weighted by Crippen LogP contribution is 2.48. The second-order valence-electron chi connectivity index (χ2n) is 4.12. The van der Waals surface area contributed by atoms with Crippen molar-refractivity contribution in [2.75, 3.05) is 0 Å². The summed E-state index contributed by atoms with van der Waals surface area (Å²) in [4.78, 5) is 11.5. The first-order chi connectivity index (χ1) is 9.50. The van der Waals surface area contributed by atoms with Crippen LogP contribution in [0, 0.1) is 0 Å². The SMILES string of the molecule is O=C(c1csc2ccccc12)C(F)(F)C(F)(F)C(F)(F)F. The largest absolute Gasteiger partial charge is 0.460 e. The van der Waals surface area contributed by atoms with Crippen LogP contribution in [0.2, 0.25) is 0 Å². The number of carbonyl (C=O) groups excluding carboxylic acids is 1. The Morgan fingerprint density at radius 3 is 2.10 bits per heavy atom. The molecule has 0 saturated heterocycles. The van der Waals surface area contributed by atoms with Crippen molar-refractivity contribution in [1.29, 1.82) is 0 Å². The van der Waals surface area contributed by atoms with E-state index in [1.807, 2.05) is 0 Å². The summed E-state index contributed by atoms with van der Waals surface area (Å²) in [6, 6.07) is 5.49. The Labute approximate surface area is 117 Å². The second kappa shape index (κ2) is 4.69. The first-order valence-corrected chi connectivity index (χ1v) is 6.21. The minimum absolute atomic E-state index is 0.0925. The van der Waals surface area contributed by atoms with Crippen LogP contribution in [0.1, 0.15) is 10.4 Å². The van der Waals surface area contributed by atoms with Crippen molar-refractivity contribution >= 4 is 27.2 Å². The van der Waals surface area contributed by atoms with Crippen LogP contribution in [0.15, 0.2) is 29.6 Å². The average molecular weight is 330 g/mol. The van der Waals surface area contributed by atoms with E-state index in [-0.39, 0.29) is 5.39 Å². The molecular weight excluding hydrogens is 325 g/mol. The van der Waals surface area contributed by atoms with E-state index >= 15 is 0 Å². The summed E-state index contributed by atoms with van der Waals surface area (Å²) in [5.74, 6) is -14.9. The van der Waals surface area contributed by atoms with Crippen LogP contribution in [0.5, 0.6) is 0 Å². The number of fused-ring (bicyclic) bond motifs is 1. The normalized spacial score (nSPS) is 13.7. The molecule has 114 valence electrons. The molecule has 1 nitrogen and oxygen atoms in total. The zero-order valence-electron chi connectivity index (χ0n) is 9.85. The van der Waals surface area contributed by atoms with Gasteiger partial charge in [0.05, 0.1) is 0 Å². The molecule has 1 aromatic heterocycles. The topological polar surface area (TPSA) is 17.1 Å². The number of Topliss-reactive ketones (excluding diaryl/α,β-unsaturated/α-hetero) is 1. The van der Waals surface area contributed by atoms with Crippen molar-refractivity contribution in [1.82, 2.24) is 0 Å². The summed E-state index contributed by atoms with van der Waals surface area (Å²) in [7, 11) is 0. The fourth-order valence-electron chi connectivity index (χ4n) is 1.64. The smallest absolute Gasteiger partial charge is 0.287 e. The molecule has 2 rings (SSSR count). The number of alkyl halides is 7. The molecule has 0 saturated carbocycles. The van der Waals surface area contributed by atoms with E-state index in [1.54, 1.807) is 0 Å². The third-order valence-electron chi connectivity index (χ3n) is 2.76. The summed E-state index contributed by atoms with van der Waals surface area (Å²) < 4.78 is 89.0. The van der Waals surface area contributed by atoms with Gasteiger partial charge in [-0.3, -0.25) is 4.79 Å². The Hall–Kier alpha value is -1.64. The molecule has 0 amide bonds. The number of rotatable bonds is 3. The molecule has 0 spiro atoms. The molecule has 0 atom stereocenters. The minimum atomic E-state index is -6.53. The Bertz CT molecular complexity index is 686. The van der Waals surface area contributed by atoms with Crippen LogP contribution in [0.4, 0.5) is 30.7 Å². The molecule has 0 radical (unpaired) electrons. The highest BCUT2D eigenvalue weighted by Gasteiger charge is 2.76. The van der Waals surface area contributed by atoms with Crippen molar-refractivity contribution in [2.24, 2.45) is 0 Å². The number of ketones is 1. The Morgan fingerprint density at radius 1 is 0.952 bits per heavy atom. The first-order valence-electron chi connectivity index (χ1n) is 5.33. The van der Waals surface area contributed by atoms with E-state index in [0.29, 0.717) is 4.70 Å². The van der Waals surface area contributed by atoms with Crippen LogP contribution in [0.25, 0.3) is 10.1 Å². The van der Waals surface area contributed by atoms with Crippen molar-refractivity contribution in [3.8, 4) is 0 Å². The van der Waals surface area contributed by atoms with Crippen molar-refractivity contribution in [3.63, 3.8) is 0 Å². The van der Waals surface area contributed by atoms with Crippen LogP contribution in [0.3, 0.4) is 0 Å². The van der Waals surface area contributed by atoms with Crippen LogP contribution >= 0.6 is 11.3 Å². The fraction of sp³-hybridized carbons (Fsp3) is 0.250. The monoisotopic (exact) mass is 330 g/mol. The van der Waals surface area contributed by atoms with Gasteiger partial charge in [-0.1, -0.05) is 18.2 Å². The molecular formula is C12H5F7OS. The summed E-state index contributed by atoms with van der Waals surface area (Å²) in [5.41, 5.74) is -0.857. The lowest BCUT2D eigenvalue weighted by atomic mass is 9.99. The second-order valence-corrected chi connectivity index (χ2v) is 5.03. The van der Waals surface area contributed by atoms with Gasteiger partial charge in [-0.15, -0.1) is 11.3 Å². The molecule has 21 heavy (non-hydrogen) atoms. The fourth-order valence-corrected chi connectivity index (χ4v) is 2.58. The van der Waals surface area contributed by atoms with Crippen LogP contribution in [-0.2, 0) is 0 Å². The number of benzene rings is 1. The number of halogens is 7. The van der Waals surface area contributed by atoms with E-state index in [9.17, 15) is 35.5 Å². The number of thiophene rings is 1. The third-order valence-corrected chi connectivity index (χ3v) is 3.72. The number of hydrogen-bond donors (Lipinski definition) is 0. The molecule has 0 fully saturated rings. The third kappa shape index (κ3) is 2.29. The van der Waals surface area contributed by atoms with Gasteiger partial charge in [0, 0.05) is 21.0 Å². The van der Waals surface area contributed by atoms with Crippen molar-refractivity contribution < 1.29 is 35.5 Å². The first kappa shape index (κ1) is 15.7. The summed E-state index contributed by atoms with van der Waals surface area (Å²) in [5, 5.41) is 0.748. The molecule has 2 aromatic rings. The van der Waals surface area contributed by atoms with E-state index in [4.69, 9.17) is 0 Å². The van der Waals surface area contributed by atoms with E-state index in [2.05, 4.69) is 0 Å².